The molecule has 0 bridgehead atoms. The van der Waals surface area contributed by atoms with Crippen LogP contribution < -0.4 is 20.3 Å². The minimum Gasteiger partial charge on any atom is -0.423 e. The molecule has 0 heterocycles. The minimum atomic E-state index is -0.637. The van der Waals surface area contributed by atoms with E-state index in [1.54, 1.807) is 72.8 Å². The van der Waals surface area contributed by atoms with E-state index in [0.29, 0.717) is 33.8 Å². The van der Waals surface area contributed by atoms with Crippen molar-refractivity contribution in [3.63, 3.8) is 0 Å². The number of esters is 2. The van der Waals surface area contributed by atoms with Crippen LogP contribution in [0.3, 0.4) is 0 Å². The van der Waals surface area contributed by atoms with Crippen molar-refractivity contribution in [2.24, 2.45) is 10.2 Å². The van der Waals surface area contributed by atoms with Crippen molar-refractivity contribution in [1.82, 2.24) is 10.9 Å². The molecule has 6 rings (SSSR count). The number of carbonyl (C=O) groups excluding carboxylic acids is 4. The second kappa shape index (κ2) is 15.1. The van der Waals surface area contributed by atoms with Gasteiger partial charge < -0.3 is 9.47 Å². The summed E-state index contributed by atoms with van der Waals surface area (Å²) in [5.41, 5.74) is 6.78. The maximum atomic E-state index is 12.8. The molecule has 0 aliphatic carbocycles. The molecule has 0 saturated heterocycles. The van der Waals surface area contributed by atoms with Crippen LogP contribution in [0.2, 0.25) is 0 Å². The lowest BCUT2D eigenvalue weighted by molar-refractivity contribution is -0.129. The summed E-state index contributed by atoms with van der Waals surface area (Å²) in [6.07, 6.45) is 2.29. The SMILES string of the molecule is O=C(CC(=O)N/N=C/c1ccc(OC(=O)c2cccc3ccccc23)cc1)N/N=C/c1ccc(OC(=O)c2cccc3ccccc23)cc1. The molecule has 2 amide bonds. The number of ether oxygens (including phenoxy) is 2. The number of carbonyl (C=O) groups is 4. The molecule has 0 aliphatic rings. The van der Waals surface area contributed by atoms with Gasteiger partial charge in [0.15, 0.2) is 0 Å². The summed E-state index contributed by atoms with van der Waals surface area (Å²) in [4.78, 5) is 49.8. The Morgan fingerprint density at radius 3 is 1.31 bits per heavy atom. The van der Waals surface area contributed by atoms with Gasteiger partial charge in [-0.05, 0) is 93.3 Å². The smallest absolute Gasteiger partial charge is 0.344 e. The average molecular weight is 649 g/mol. The van der Waals surface area contributed by atoms with Gasteiger partial charge in [-0.25, -0.2) is 20.4 Å². The van der Waals surface area contributed by atoms with E-state index in [1.165, 1.54) is 12.4 Å². The van der Waals surface area contributed by atoms with Crippen LogP contribution in [0.1, 0.15) is 38.3 Å². The Morgan fingerprint density at radius 2 is 0.878 bits per heavy atom. The Hall–Kier alpha value is -6.94. The first-order valence-electron chi connectivity index (χ1n) is 15.2. The van der Waals surface area contributed by atoms with Gasteiger partial charge in [0.1, 0.15) is 17.9 Å². The Labute approximate surface area is 280 Å². The van der Waals surface area contributed by atoms with Crippen molar-refractivity contribution in [2.75, 3.05) is 0 Å². The van der Waals surface area contributed by atoms with E-state index < -0.39 is 30.2 Å². The van der Waals surface area contributed by atoms with Gasteiger partial charge in [0.2, 0.25) is 11.8 Å². The standard InChI is InChI=1S/C39H28N4O6/c44-36(42-40-24-26-15-19-30(20-16-26)48-38(46)34-13-5-9-28-7-1-3-11-32(28)34)23-37(45)43-41-25-27-17-21-31(22-18-27)49-39(47)35-14-6-10-29-8-2-4-12-33(29)35/h1-22,24-25H,23H2,(H,42,44)(H,43,45)/b40-24+,41-25+. The highest BCUT2D eigenvalue weighted by Crippen LogP contribution is 2.22. The van der Waals surface area contributed by atoms with Crippen LogP contribution in [0.4, 0.5) is 0 Å². The number of nitrogens with one attached hydrogen (secondary N) is 2. The van der Waals surface area contributed by atoms with Gasteiger partial charge >= 0.3 is 11.9 Å². The van der Waals surface area contributed by atoms with Gasteiger partial charge in [0.05, 0.1) is 23.6 Å². The molecule has 240 valence electrons. The number of rotatable bonds is 10. The first kappa shape index (κ1) is 32.0. The van der Waals surface area contributed by atoms with Gasteiger partial charge in [-0.2, -0.15) is 10.2 Å². The fraction of sp³-hybridized carbons (Fsp3) is 0.0256. The molecule has 10 heteroatoms. The molecule has 0 spiro atoms. The fourth-order valence-corrected chi connectivity index (χ4v) is 4.96. The third-order valence-electron chi connectivity index (χ3n) is 7.33. The van der Waals surface area contributed by atoms with E-state index in [0.717, 1.165) is 21.5 Å². The molecule has 0 aliphatic heterocycles. The molecule has 49 heavy (non-hydrogen) atoms. The van der Waals surface area contributed by atoms with Gasteiger partial charge in [-0.15, -0.1) is 0 Å². The summed E-state index contributed by atoms with van der Waals surface area (Å²) in [6, 6.07) is 39.2. The number of hydrogen-bond acceptors (Lipinski definition) is 8. The van der Waals surface area contributed by atoms with E-state index in [9.17, 15) is 19.2 Å². The third kappa shape index (κ3) is 8.27. The second-order valence-electron chi connectivity index (χ2n) is 10.7. The molecule has 0 atom stereocenters. The van der Waals surface area contributed by atoms with E-state index in [-0.39, 0.29) is 0 Å². The van der Waals surface area contributed by atoms with Crippen molar-refractivity contribution in [2.45, 2.75) is 6.42 Å². The van der Waals surface area contributed by atoms with Gasteiger partial charge in [0, 0.05) is 0 Å². The van der Waals surface area contributed by atoms with Crippen molar-refractivity contribution in [3.8, 4) is 11.5 Å². The van der Waals surface area contributed by atoms with Crippen LogP contribution in [-0.4, -0.2) is 36.2 Å². The Kier molecular flexibility index (Phi) is 9.87. The lowest BCUT2D eigenvalue weighted by atomic mass is 10.0. The average Bonchev–Trinajstić information content (AvgIpc) is 3.12. The minimum absolute atomic E-state index is 0.354. The number of benzene rings is 6. The summed E-state index contributed by atoms with van der Waals surface area (Å²) in [5.74, 6) is -1.51. The molecule has 0 saturated carbocycles. The van der Waals surface area contributed by atoms with Crippen LogP contribution in [0.5, 0.6) is 11.5 Å². The van der Waals surface area contributed by atoms with Gasteiger partial charge in [0.25, 0.3) is 0 Å². The highest BCUT2D eigenvalue weighted by atomic mass is 16.5. The predicted molar refractivity (Wildman–Crippen MR) is 187 cm³/mol. The normalized spacial score (nSPS) is 11.1. The van der Waals surface area contributed by atoms with Crippen LogP contribution in [0.15, 0.2) is 144 Å². The Balaban J connectivity index is 0.927. The Morgan fingerprint density at radius 1 is 0.490 bits per heavy atom. The highest BCUT2D eigenvalue weighted by molar-refractivity contribution is 6.06. The first-order valence-corrected chi connectivity index (χ1v) is 15.2. The molecule has 6 aromatic rings. The second-order valence-corrected chi connectivity index (χ2v) is 10.7. The highest BCUT2D eigenvalue weighted by Gasteiger charge is 2.14. The summed E-state index contributed by atoms with van der Waals surface area (Å²) in [7, 11) is 0. The Bertz CT molecular complexity index is 2060. The monoisotopic (exact) mass is 648 g/mol. The fourth-order valence-electron chi connectivity index (χ4n) is 4.96. The zero-order valence-electron chi connectivity index (χ0n) is 25.9. The molecule has 6 aromatic carbocycles. The molecule has 0 unspecified atom stereocenters. The van der Waals surface area contributed by atoms with Gasteiger partial charge in [-0.1, -0.05) is 72.8 Å². The number of hydrazone groups is 2. The number of fused-ring (bicyclic) bond motifs is 2. The number of nitrogens with zero attached hydrogens (tertiary/aromatic N) is 2. The van der Waals surface area contributed by atoms with Gasteiger partial charge in [-0.3, -0.25) is 9.59 Å². The largest absolute Gasteiger partial charge is 0.423 e. The molecule has 0 radical (unpaired) electrons. The first-order chi connectivity index (χ1) is 23.9. The molecule has 10 nitrogen and oxygen atoms in total. The molecule has 2 N–H and O–H groups in total. The quantitative estimate of drug-likeness (QED) is 0.0579. The van der Waals surface area contributed by atoms with Crippen LogP contribution in [-0.2, 0) is 9.59 Å². The zero-order chi connectivity index (χ0) is 34.0. The molecule has 0 aromatic heterocycles. The number of amides is 2. The summed E-state index contributed by atoms with van der Waals surface area (Å²) < 4.78 is 11.1. The summed E-state index contributed by atoms with van der Waals surface area (Å²) in [6.45, 7) is 0. The van der Waals surface area contributed by atoms with Crippen molar-refractivity contribution < 1.29 is 28.7 Å². The van der Waals surface area contributed by atoms with Crippen LogP contribution in [0.25, 0.3) is 21.5 Å². The lowest BCUT2D eigenvalue weighted by Crippen LogP contribution is -2.27. The van der Waals surface area contributed by atoms with Crippen LogP contribution in [0, 0.1) is 0 Å². The maximum Gasteiger partial charge on any atom is 0.344 e. The van der Waals surface area contributed by atoms with E-state index in [2.05, 4.69) is 21.1 Å². The van der Waals surface area contributed by atoms with E-state index >= 15 is 0 Å². The zero-order valence-corrected chi connectivity index (χ0v) is 25.9. The van der Waals surface area contributed by atoms with E-state index in [4.69, 9.17) is 9.47 Å². The number of hydrogen-bond donors (Lipinski definition) is 2. The van der Waals surface area contributed by atoms with Crippen molar-refractivity contribution >= 4 is 57.7 Å². The lowest BCUT2D eigenvalue weighted by Gasteiger charge is -2.07. The summed E-state index contributed by atoms with van der Waals surface area (Å²) >= 11 is 0. The van der Waals surface area contributed by atoms with E-state index in [1.807, 2.05) is 60.7 Å². The summed E-state index contributed by atoms with van der Waals surface area (Å²) in [5, 5.41) is 11.2. The van der Waals surface area contributed by atoms with Crippen LogP contribution >= 0.6 is 0 Å². The third-order valence-corrected chi connectivity index (χ3v) is 7.33. The maximum absolute atomic E-state index is 12.8. The van der Waals surface area contributed by atoms with Crippen molar-refractivity contribution in [3.05, 3.63) is 156 Å². The molecular weight excluding hydrogens is 620 g/mol. The predicted octanol–water partition coefficient (Wildman–Crippen LogP) is 6.42. The topological polar surface area (TPSA) is 136 Å². The van der Waals surface area contributed by atoms with Crippen molar-refractivity contribution in [1.29, 1.82) is 0 Å². The molecular formula is C39H28N4O6. The molecule has 0 fully saturated rings.